The van der Waals surface area contributed by atoms with Crippen LogP contribution in [0.25, 0.3) is 0 Å². The monoisotopic (exact) mass is 334 g/mol. The minimum atomic E-state index is -4.37. The molecule has 0 aromatic carbocycles. The molecule has 0 saturated carbocycles. The van der Waals surface area contributed by atoms with Gasteiger partial charge in [-0.25, -0.2) is 4.18 Å². The van der Waals surface area contributed by atoms with Crippen LogP contribution in [0.15, 0.2) is 12.7 Å². The van der Waals surface area contributed by atoms with Crippen molar-refractivity contribution >= 4 is 10.4 Å². The van der Waals surface area contributed by atoms with Crippen molar-refractivity contribution in [2.24, 2.45) is 0 Å². The highest BCUT2D eigenvalue weighted by Crippen LogP contribution is 2.14. The lowest BCUT2D eigenvalue weighted by Crippen LogP contribution is -2.15. The van der Waals surface area contributed by atoms with E-state index < -0.39 is 16.5 Å². The second-order valence-electron chi connectivity index (χ2n) is 5.98. The van der Waals surface area contributed by atoms with Gasteiger partial charge in [0, 0.05) is 0 Å². The summed E-state index contributed by atoms with van der Waals surface area (Å²) in [6, 6.07) is 0. The lowest BCUT2D eigenvalue weighted by Gasteiger charge is -2.10. The molecule has 132 valence electrons. The molecule has 5 heteroatoms. The molecule has 0 saturated heterocycles. The van der Waals surface area contributed by atoms with Crippen molar-refractivity contribution in [2.75, 3.05) is 0 Å². The fourth-order valence-corrected chi connectivity index (χ4v) is 3.04. The summed E-state index contributed by atoms with van der Waals surface area (Å²) in [5.74, 6) is 0. The Bertz CT molecular complexity index is 352. The highest BCUT2D eigenvalue weighted by atomic mass is 32.3. The fourth-order valence-electron chi connectivity index (χ4n) is 2.55. The van der Waals surface area contributed by atoms with E-state index in [1.54, 1.807) is 0 Å². The maximum absolute atomic E-state index is 10.6. The summed E-state index contributed by atoms with van der Waals surface area (Å²) in [7, 11) is -4.37. The van der Waals surface area contributed by atoms with Gasteiger partial charge in [0.1, 0.15) is 0 Å². The Morgan fingerprint density at radius 1 is 0.909 bits per heavy atom. The van der Waals surface area contributed by atoms with Crippen LogP contribution in [0.4, 0.5) is 0 Å². The molecular weight excluding hydrogens is 300 g/mol. The van der Waals surface area contributed by atoms with Gasteiger partial charge in [0.05, 0.1) is 6.10 Å². The highest BCUT2D eigenvalue weighted by Gasteiger charge is 2.13. The van der Waals surface area contributed by atoms with Crippen molar-refractivity contribution in [1.29, 1.82) is 0 Å². The van der Waals surface area contributed by atoms with Crippen molar-refractivity contribution in [1.82, 2.24) is 0 Å². The van der Waals surface area contributed by atoms with E-state index in [1.807, 2.05) is 0 Å². The van der Waals surface area contributed by atoms with Crippen LogP contribution in [-0.2, 0) is 14.6 Å². The average molecular weight is 335 g/mol. The molecular formula is C17H34O4S. The van der Waals surface area contributed by atoms with Gasteiger partial charge in [0.2, 0.25) is 0 Å². The van der Waals surface area contributed by atoms with Crippen LogP contribution in [-0.4, -0.2) is 19.1 Å². The minimum Gasteiger partial charge on any atom is -0.264 e. The Labute approximate surface area is 137 Å². The second kappa shape index (κ2) is 14.2. The molecule has 1 unspecified atom stereocenters. The van der Waals surface area contributed by atoms with E-state index in [0.29, 0.717) is 6.42 Å². The number of hydrogen-bond acceptors (Lipinski definition) is 3. The van der Waals surface area contributed by atoms with Crippen LogP contribution < -0.4 is 0 Å². The van der Waals surface area contributed by atoms with Crippen molar-refractivity contribution in [3.8, 4) is 0 Å². The van der Waals surface area contributed by atoms with Crippen molar-refractivity contribution in [3.05, 3.63) is 12.7 Å². The molecule has 1 atom stereocenters. The summed E-state index contributed by atoms with van der Waals surface area (Å²) in [6.07, 6.45) is 16.5. The molecule has 4 nitrogen and oxygen atoms in total. The van der Waals surface area contributed by atoms with E-state index in [1.165, 1.54) is 70.3 Å². The smallest absolute Gasteiger partial charge is 0.264 e. The predicted octanol–water partition coefficient (Wildman–Crippen LogP) is 5.45. The van der Waals surface area contributed by atoms with Gasteiger partial charge in [-0.2, -0.15) is 8.42 Å². The Hall–Kier alpha value is -0.390. The maximum Gasteiger partial charge on any atom is 0.397 e. The number of rotatable bonds is 16. The molecule has 0 heterocycles. The zero-order valence-corrected chi connectivity index (χ0v) is 15.0. The molecule has 0 aromatic rings. The predicted molar refractivity (Wildman–Crippen MR) is 92.3 cm³/mol. The summed E-state index contributed by atoms with van der Waals surface area (Å²) < 4.78 is 34.3. The summed E-state index contributed by atoms with van der Waals surface area (Å²) in [5, 5.41) is 0. The Balaban J connectivity index is 3.34. The molecule has 0 bridgehead atoms. The molecule has 0 amide bonds. The van der Waals surface area contributed by atoms with Crippen molar-refractivity contribution in [3.63, 3.8) is 0 Å². The zero-order valence-electron chi connectivity index (χ0n) is 14.1. The first kappa shape index (κ1) is 21.6. The molecule has 0 fully saturated rings. The molecule has 0 radical (unpaired) electrons. The normalized spacial score (nSPS) is 13.2. The highest BCUT2D eigenvalue weighted by molar-refractivity contribution is 7.80. The van der Waals surface area contributed by atoms with E-state index in [9.17, 15) is 8.42 Å². The fraction of sp³-hybridized carbons (Fsp3) is 0.882. The quantitative estimate of drug-likeness (QED) is 0.231. The summed E-state index contributed by atoms with van der Waals surface area (Å²) in [5.41, 5.74) is 0. The summed E-state index contributed by atoms with van der Waals surface area (Å²) in [6.45, 7) is 5.76. The molecule has 0 rings (SSSR count). The first-order chi connectivity index (χ1) is 10.5. The van der Waals surface area contributed by atoms with Gasteiger partial charge in [0.25, 0.3) is 0 Å². The van der Waals surface area contributed by atoms with Crippen LogP contribution >= 0.6 is 0 Å². The van der Waals surface area contributed by atoms with Crippen LogP contribution in [0.2, 0.25) is 0 Å². The third-order valence-electron chi connectivity index (χ3n) is 3.85. The first-order valence-corrected chi connectivity index (χ1v) is 10.1. The molecule has 0 aliphatic heterocycles. The topological polar surface area (TPSA) is 63.6 Å². The van der Waals surface area contributed by atoms with Crippen LogP contribution in [0.1, 0.15) is 90.4 Å². The van der Waals surface area contributed by atoms with Gasteiger partial charge in [0.15, 0.2) is 0 Å². The SMILES string of the molecule is C=CC(CCCCCCCCCCCCCC)OS(=O)(=O)O. The summed E-state index contributed by atoms with van der Waals surface area (Å²) >= 11 is 0. The van der Waals surface area contributed by atoms with Crippen LogP contribution in [0.5, 0.6) is 0 Å². The Kier molecular flexibility index (Phi) is 14.0. The lowest BCUT2D eigenvalue weighted by molar-refractivity contribution is 0.208. The van der Waals surface area contributed by atoms with E-state index in [-0.39, 0.29) is 0 Å². The molecule has 0 aliphatic carbocycles. The van der Waals surface area contributed by atoms with Gasteiger partial charge >= 0.3 is 10.4 Å². The van der Waals surface area contributed by atoms with Gasteiger partial charge < -0.3 is 0 Å². The molecule has 0 aromatic heterocycles. The number of unbranched alkanes of at least 4 members (excludes halogenated alkanes) is 11. The maximum atomic E-state index is 10.6. The van der Waals surface area contributed by atoms with Crippen LogP contribution in [0.3, 0.4) is 0 Å². The number of hydrogen-bond donors (Lipinski definition) is 1. The first-order valence-electron chi connectivity index (χ1n) is 8.78. The molecule has 1 N–H and O–H groups in total. The second-order valence-corrected chi connectivity index (χ2v) is 7.02. The van der Waals surface area contributed by atoms with E-state index in [2.05, 4.69) is 17.7 Å². The zero-order chi connectivity index (χ0) is 16.7. The largest absolute Gasteiger partial charge is 0.397 e. The lowest BCUT2D eigenvalue weighted by atomic mass is 10.0. The van der Waals surface area contributed by atoms with E-state index in [4.69, 9.17) is 4.55 Å². The van der Waals surface area contributed by atoms with Gasteiger partial charge in [-0.1, -0.05) is 90.0 Å². The standard InChI is InChI=1S/C17H34O4S/c1-3-5-6-7-8-9-10-11-12-13-14-15-16-17(4-2)21-22(18,19)20/h4,17H,2-3,5-16H2,1H3,(H,18,19,20). The van der Waals surface area contributed by atoms with E-state index >= 15 is 0 Å². The Morgan fingerprint density at radius 2 is 1.32 bits per heavy atom. The van der Waals surface area contributed by atoms with Crippen molar-refractivity contribution in [2.45, 2.75) is 96.5 Å². The third-order valence-corrected chi connectivity index (χ3v) is 4.34. The Morgan fingerprint density at radius 3 is 1.68 bits per heavy atom. The molecule has 0 aliphatic rings. The van der Waals surface area contributed by atoms with Crippen molar-refractivity contribution < 1.29 is 17.2 Å². The van der Waals surface area contributed by atoms with Gasteiger partial charge in [-0.05, 0) is 6.42 Å². The minimum absolute atomic E-state index is 0.584. The third kappa shape index (κ3) is 16.0. The average Bonchev–Trinajstić information content (AvgIpc) is 2.46. The van der Waals surface area contributed by atoms with Gasteiger partial charge in [-0.15, -0.1) is 6.58 Å². The van der Waals surface area contributed by atoms with Crippen LogP contribution in [0, 0.1) is 0 Å². The molecule has 0 spiro atoms. The summed E-state index contributed by atoms with van der Waals surface area (Å²) in [4.78, 5) is 0. The molecule has 22 heavy (non-hydrogen) atoms. The van der Waals surface area contributed by atoms with E-state index in [0.717, 1.165) is 12.8 Å². The van der Waals surface area contributed by atoms with Gasteiger partial charge in [-0.3, -0.25) is 4.55 Å².